The topological polar surface area (TPSA) is 103 Å². The first-order valence-corrected chi connectivity index (χ1v) is 12.7. The lowest BCUT2D eigenvalue weighted by Crippen LogP contribution is -2.43. The summed E-state index contributed by atoms with van der Waals surface area (Å²) in [5.74, 6) is -0.768. The molecule has 1 aromatic carbocycles. The van der Waals surface area contributed by atoms with Crippen molar-refractivity contribution < 1.29 is 18.0 Å². The molecule has 172 valence electrons. The molecule has 0 aliphatic carbocycles. The zero-order valence-electron chi connectivity index (χ0n) is 18.3. The highest BCUT2D eigenvalue weighted by atomic mass is 32.2. The predicted octanol–water partition coefficient (Wildman–Crippen LogP) is 2.85. The number of anilines is 1. The average molecular weight is 459 g/mol. The summed E-state index contributed by atoms with van der Waals surface area (Å²) in [5, 5.41) is 2.91. The Morgan fingerprint density at radius 2 is 1.81 bits per heavy atom. The number of aryl methyl sites for hydroxylation is 1. The van der Waals surface area contributed by atoms with Gasteiger partial charge in [-0.2, -0.15) is 4.31 Å². The Hall–Kier alpha value is -2.65. The Morgan fingerprint density at radius 3 is 2.50 bits per heavy atom. The van der Waals surface area contributed by atoms with E-state index in [0.29, 0.717) is 38.2 Å². The van der Waals surface area contributed by atoms with E-state index in [4.69, 9.17) is 0 Å². The lowest BCUT2D eigenvalue weighted by Gasteiger charge is -2.31. The summed E-state index contributed by atoms with van der Waals surface area (Å²) < 4.78 is 27.7. The van der Waals surface area contributed by atoms with Crippen LogP contribution >= 0.6 is 0 Å². The van der Waals surface area contributed by atoms with Gasteiger partial charge in [0.15, 0.2) is 0 Å². The Balaban J connectivity index is 1.42. The zero-order chi connectivity index (χ0) is 22.7. The number of hydrogen-bond acceptors (Lipinski definition) is 4. The molecule has 1 aromatic heterocycles. The number of carbonyl (C=O) groups is 2. The molecule has 8 nitrogen and oxygen atoms in total. The van der Waals surface area contributed by atoms with Crippen molar-refractivity contribution in [2.24, 2.45) is 5.92 Å². The van der Waals surface area contributed by atoms with Gasteiger partial charge >= 0.3 is 0 Å². The summed E-state index contributed by atoms with van der Waals surface area (Å²) in [6.45, 7) is 3.95. The van der Waals surface area contributed by atoms with Crippen LogP contribution in [-0.2, 0) is 21.2 Å². The number of nitrogens with zero attached hydrogens (tertiary/aromatic N) is 2. The molecule has 2 fully saturated rings. The third-order valence-corrected chi connectivity index (χ3v) is 8.15. The number of sulfonamides is 1. The van der Waals surface area contributed by atoms with Gasteiger partial charge in [0.1, 0.15) is 10.6 Å². The Kier molecular flexibility index (Phi) is 6.66. The Labute approximate surface area is 189 Å². The highest BCUT2D eigenvalue weighted by Gasteiger charge is 2.34. The number of benzene rings is 1. The van der Waals surface area contributed by atoms with E-state index >= 15 is 0 Å². The van der Waals surface area contributed by atoms with Crippen LogP contribution in [0, 0.1) is 5.92 Å². The first-order valence-electron chi connectivity index (χ1n) is 11.3. The number of likely N-dealkylation sites (tertiary alicyclic amines) is 1. The van der Waals surface area contributed by atoms with Gasteiger partial charge in [-0.3, -0.25) is 9.59 Å². The number of rotatable bonds is 6. The number of nitrogens with one attached hydrogen (secondary N) is 2. The van der Waals surface area contributed by atoms with Crippen LogP contribution in [0.25, 0.3) is 0 Å². The van der Waals surface area contributed by atoms with Gasteiger partial charge in [0.25, 0.3) is 5.91 Å². The van der Waals surface area contributed by atoms with Gasteiger partial charge in [0.05, 0.1) is 5.92 Å². The monoisotopic (exact) mass is 458 g/mol. The fraction of sp³-hybridized carbons (Fsp3) is 0.478. The maximum absolute atomic E-state index is 13.2. The molecule has 4 rings (SSSR count). The third kappa shape index (κ3) is 4.73. The molecular formula is C23H30N4O4S. The van der Waals surface area contributed by atoms with Crippen molar-refractivity contribution in [1.29, 1.82) is 0 Å². The smallest absolute Gasteiger partial charge is 0.270 e. The van der Waals surface area contributed by atoms with Gasteiger partial charge in [-0.1, -0.05) is 19.1 Å². The molecule has 0 bridgehead atoms. The van der Waals surface area contributed by atoms with Gasteiger partial charge in [-0.15, -0.1) is 0 Å². The summed E-state index contributed by atoms with van der Waals surface area (Å²) in [6, 6.07) is 9.09. The van der Waals surface area contributed by atoms with Gasteiger partial charge in [0, 0.05) is 38.1 Å². The van der Waals surface area contributed by atoms with Crippen molar-refractivity contribution >= 4 is 27.5 Å². The summed E-state index contributed by atoms with van der Waals surface area (Å²) in [4.78, 5) is 30.0. The van der Waals surface area contributed by atoms with Crippen molar-refractivity contribution in [3.8, 4) is 0 Å². The molecule has 2 aromatic rings. The second kappa shape index (κ2) is 9.46. The molecule has 0 saturated carbocycles. The van der Waals surface area contributed by atoms with Crippen LogP contribution in [0.5, 0.6) is 0 Å². The summed E-state index contributed by atoms with van der Waals surface area (Å²) >= 11 is 0. The van der Waals surface area contributed by atoms with E-state index in [0.717, 1.165) is 19.3 Å². The molecule has 3 heterocycles. The molecule has 2 aliphatic rings. The molecule has 0 spiro atoms. The van der Waals surface area contributed by atoms with Gasteiger partial charge < -0.3 is 15.2 Å². The van der Waals surface area contributed by atoms with Crippen molar-refractivity contribution in [3.05, 3.63) is 47.8 Å². The minimum Gasteiger partial charge on any atom is -0.356 e. The fourth-order valence-electron chi connectivity index (χ4n) is 4.33. The minimum atomic E-state index is -3.80. The largest absolute Gasteiger partial charge is 0.356 e. The van der Waals surface area contributed by atoms with E-state index in [-0.39, 0.29) is 28.9 Å². The quantitative estimate of drug-likeness (QED) is 0.695. The fourth-order valence-corrected chi connectivity index (χ4v) is 5.85. The molecule has 9 heteroatoms. The van der Waals surface area contributed by atoms with Gasteiger partial charge in [-0.05, 0) is 55.9 Å². The lowest BCUT2D eigenvalue weighted by atomic mass is 9.98. The minimum absolute atomic E-state index is 0.0660. The maximum Gasteiger partial charge on any atom is 0.270 e. The second-order valence-electron chi connectivity index (χ2n) is 8.49. The first-order chi connectivity index (χ1) is 15.4. The van der Waals surface area contributed by atoms with Crippen LogP contribution in [-0.4, -0.2) is 60.6 Å². The second-order valence-corrected chi connectivity index (χ2v) is 10.4. The SMILES string of the molecule is CCc1ccc(NC(=O)C2CCCN(S(=O)(=O)c3c[nH]c(C(=O)N4CCCC4)c3)C2)cc1. The molecule has 2 aliphatic heterocycles. The number of aromatic amines is 1. The zero-order valence-corrected chi connectivity index (χ0v) is 19.2. The highest BCUT2D eigenvalue weighted by molar-refractivity contribution is 7.89. The van der Waals surface area contributed by atoms with E-state index < -0.39 is 15.9 Å². The number of H-pyrrole nitrogens is 1. The summed E-state index contributed by atoms with van der Waals surface area (Å²) in [5.41, 5.74) is 2.18. The van der Waals surface area contributed by atoms with Gasteiger partial charge in [0.2, 0.25) is 15.9 Å². The standard InChI is InChI=1S/C23H30N4O4S/c1-2-17-7-9-19(10-8-17)25-22(28)18-6-5-13-27(16-18)32(30,31)20-14-21(24-15-20)23(29)26-11-3-4-12-26/h7-10,14-15,18,24H,2-6,11-13,16H2,1H3,(H,25,28). The average Bonchev–Trinajstić information content (AvgIpc) is 3.52. The van der Waals surface area contributed by atoms with Crippen LogP contribution in [0.4, 0.5) is 5.69 Å². The molecule has 32 heavy (non-hydrogen) atoms. The number of amides is 2. The molecule has 2 N–H and O–H groups in total. The van der Waals surface area contributed by atoms with Crippen LogP contribution in [0.15, 0.2) is 41.4 Å². The van der Waals surface area contributed by atoms with E-state index in [2.05, 4.69) is 17.2 Å². The number of carbonyl (C=O) groups excluding carboxylic acids is 2. The summed E-state index contributed by atoms with van der Waals surface area (Å²) in [7, 11) is -3.80. The van der Waals surface area contributed by atoms with Crippen LogP contribution in [0.1, 0.15) is 48.7 Å². The lowest BCUT2D eigenvalue weighted by molar-refractivity contribution is -0.120. The first kappa shape index (κ1) is 22.5. The maximum atomic E-state index is 13.2. The molecule has 2 saturated heterocycles. The van der Waals surface area contributed by atoms with E-state index in [1.807, 2.05) is 24.3 Å². The molecule has 0 radical (unpaired) electrons. The number of piperidine rings is 1. The predicted molar refractivity (Wildman–Crippen MR) is 122 cm³/mol. The van der Waals surface area contributed by atoms with Gasteiger partial charge in [-0.25, -0.2) is 8.42 Å². The van der Waals surface area contributed by atoms with E-state index in [9.17, 15) is 18.0 Å². The Morgan fingerprint density at radius 1 is 1.09 bits per heavy atom. The molecular weight excluding hydrogens is 428 g/mol. The van der Waals surface area contributed by atoms with Crippen LogP contribution in [0.3, 0.4) is 0 Å². The highest BCUT2D eigenvalue weighted by Crippen LogP contribution is 2.26. The van der Waals surface area contributed by atoms with Crippen molar-refractivity contribution in [3.63, 3.8) is 0 Å². The van der Waals surface area contributed by atoms with Crippen LogP contribution in [0.2, 0.25) is 0 Å². The van der Waals surface area contributed by atoms with E-state index in [1.54, 1.807) is 4.90 Å². The molecule has 1 unspecified atom stereocenters. The summed E-state index contributed by atoms with van der Waals surface area (Å²) in [6.07, 6.45) is 5.48. The normalized spacial score (nSPS) is 19.8. The molecule has 2 amide bonds. The number of aromatic nitrogens is 1. The molecule has 1 atom stereocenters. The van der Waals surface area contributed by atoms with Crippen molar-refractivity contribution in [2.45, 2.75) is 43.9 Å². The van der Waals surface area contributed by atoms with Crippen molar-refractivity contribution in [2.75, 3.05) is 31.5 Å². The number of hydrogen-bond donors (Lipinski definition) is 2. The Bertz CT molecular complexity index is 1070. The van der Waals surface area contributed by atoms with Crippen molar-refractivity contribution in [1.82, 2.24) is 14.2 Å². The van der Waals surface area contributed by atoms with E-state index in [1.165, 1.54) is 22.1 Å². The van der Waals surface area contributed by atoms with Crippen LogP contribution < -0.4 is 5.32 Å². The third-order valence-electron chi connectivity index (χ3n) is 6.30.